The molecule has 0 spiro atoms. The first-order chi connectivity index (χ1) is 7.16. The Labute approximate surface area is 91.9 Å². The van der Waals surface area contributed by atoms with Gasteiger partial charge in [0.05, 0.1) is 10.7 Å². The Bertz CT molecular complexity index is 400. The van der Waals surface area contributed by atoms with E-state index < -0.39 is 0 Å². The van der Waals surface area contributed by atoms with Crippen LogP contribution in [0.1, 0.15) is 17.1 Å². The van der Waals surface area contributed by atoms with Crippen LogP contribution in [0.4, 0.5) is 0 Å². The fourth-order valence-corrected chi connectivity index (χ4v) is 2.25. The van der Waals surface area contributed by atoms with Gasteiger partial charge in [-0.25, -0.2) is 4.98 Å². The Morgan fingerprint density at radius 2 is 2.33 bits per heavy atom. The Morgan fingerprint density at radius 1 is 1.53 bits per heavy atom. The van der Waals surface area contributed by atoms with E-state index in [0.717, 1.165) is 17.1 Å². The van der Waals surface area contributed by atoms with Crippen molar-refractivity contribution in [3.63, 3.8) is 0 Å². The van der Waals surface area contributed by atoms with Crippen molar-refractivity contribution in [2.75, 3.05) is 13.1 Å². The number of hydrogen-bond donors (Lipinski definition) is 0. The van der Waals surface area contributed by atoms with E-state index >= 15 is 0 Å². The Hall–Kier alpha value is -1.23. The second-order valence-electron chi connectivity index (χ2n) is 3.57. The topological polar surface area (TPSA) is 50.3 Å². The van der Waals surface area contributed by atoms with E-state index in [4.69, 9.17) is 0 Å². The van der Waals surface area contributed by atoms with Gasteiger partial charge in [0.15, 0.2) is 0 Å². The summed E-state index contributed by atoms with van der Waals surface area (Å²) in [6.45, 7) is 3.13. The molecule has 2 rings (SSSR count). The van der Waals surface area contributed by atoms with Crippen molar-refractivity contribution in [2.45, 2.75) is 19.8 Å². The molecule has 0 radical (unpaired) electrons. The average molecular weight is 224 g/mol. The van der Waals surface area contributed by atoms with Gasteiger partial charge in [-0.3, -0.25) is 9.59 Å². The van der Waals surface area contributed by atoms with Gasteiger partial charge in [-0.15, -0.1) is 11.3 Å². The van der Waals surface area contributed by atoms with E-state index in [9.17, 15) is 9.59 Å². The maximum Gasteiger partial charge on any atom is 0.290 e. The fourth-order valence-electron chi connectivity index (χ4n) is 1.61. The van der Waals surface area contributed by atoms with Gasteiger partial charge in [-0.1, -0.05) is 0 Å². The predicted octanol–water partition coefficient (Wildman–Crippen LogP) is 0.795. The SMILES string of the molecule is Cc1nc(CCN2CCC(=O)C2=O)cs1. The van der Waals surface area contributed by atoms with E-state index in [1.165, 1.54) is 0 Å². The number of amides is 1. The molecule has 0 saturated carbocycles. The number of carbonyl (C=O) groups is 2. The summed E-state index contributed by atoms with van der Waals surface area (Å²) in [5.41, 5.74) is 1.00. The summed E-state index contributed by atoms with van der Waals surface area (Å²) >= 11 is 1.61. The van der Waals surface area contributed by atoms with Crippen molar-refractivity contribution < 1.29 is 9.59 Å². The molecular formula is C10H12N2O2S. The first-order valence-corrected chi connectivity index (χ1v) is 5.78. The number of Topliss-reactive ketones (excluding diaryl/α,β-unsaturated/α-hetero) is 1. The predicted molar refractivity (Wildman–Crippen MR) is 56.8 cm³/mol. The number of likely N-dealkylation sites (tertiary alicyclic amines) is 1. The number of carbonyl (C=O) groups excluding carboxylic acids is 2. The molecule has 1 aromatic rings. The van der Waals surface area contributed by atoms with E-state index in [-0.39, 0.29) is 11.7 Å². The van der Waals surface area contributed by atoms with Crippen molar-refractivity contribution in [1.29, 1.82) is 0 Å². The Balaban J connectivity index is 1.89. The molecule has 1 aromatic heterocycles. The quantitative estimate of drug-likeness (QED) is 0.713. The molecule has 1 saturated heterocycles. The van der Waals surface area contributed by atoms with E-state index in [0.29, 0.717) is 19.5 Å². The lowest BCUT2D eigenvalue weighted by atomic mass is 10.3. The first-order valence-electron chi connectivity index (χ1n) is 4.90. The first kappa shape index (κ1) is 10.3. The molecule has 1 aliphatic rings. The lowest BCUT2D eigenvalue weighted by Gasteiger charge is -2.12. The van der Waals surface area contributed by atoms with Crippen LogP contribution in [0.3, 0.4) is 0 Å². The molecule has 0 atom stereocenters. The Morgan fingerprint density at radius 3 is 2.87 bits per heavy atom. The minimum absolute atomic E-state index is 0.260. The lowest BCUT2D eigenvalue weighted by molar-refractivity contribution is -0.139. The number of hydrogen-bond acceptors (Lipinski definition) is 4. The summed E-state index contributed by atoms with van der Waals surface area (Å²) in [5, 5.41) is 3.03. The zero-order valence-electron chi connectivity index (χ0n) is 8.52. The number of ketones is 1. The van der Waals surface area contributed by atoms with Gasteiger partial charge < -0.3 is 4.90 Å². The van der Waals surface area contributed by atoms with Crippen molar-refractivity contribution in [3.8, 4) is 0 Å². The summed E-state index contributed by atoms with van der Waals surface area (Å²) < 4.78 is 0. The molecule has 4 nitrogen and oxygen atoms in total. The molecule has 15 heavy (non-hydrogen) atoms. The van der Waals surface area contributed by atoms with Gasteiger partial charge in [0.2, 0.25) is 5.78 Å². The molecular weight excluding hydrogens is 212 g/mol. The number of nitrogens with zero attached hydrogens (tertiary/aromatic N) is 2. The summed E-state index contributed by atoms with van der Waals surface area (Å²) in [4.78, 5) is 28.2. The van der Waals surface area contributed by atoms with Crippen LogP contribution in [-0.4, -0.2) is 34.7 Å². The normalized spacial score (nSPS) is 16.5. The second-order valence-corrected chi connectivity index (χ2v) is 4.64. The van der Waals surface area contributed by atoms with Gasteiger partial charge in [0.25, 0.3) is 5.91 Å². The van der Waals surface area contributed by atoms with E-state index in [1.807, 2.05) is 12.3 Å². The summed E-state index contributed by atoms with van der Waals surface area (Å²) in [5.74, 6) is -0.591. The van der Waals surface area contributed by atoms with Crippen molar-refractivity contribution >= 4 is 23.0 Å². The molecule has 0 aromatic carbocycles. The summed E-state index contributed by atoms with van der Waals surface area (Å²) in [7, 11) is 0. The third kappa shape index (κ3) is 2.23. The highest BCUT2D eigenvalue weighted by Crippen LogP contribution is 2.11. The van der Waals surface area contributed by atoms with Crippen LogP contribution < -0.4 is 0 Å². The summed E-state index contributed by atoms with van der Waals surface area (Å²) in [6.07, 6.45) is 1.11. The maximum atomic E-state index is 11.3. The van der Waals surface area contributed by atoms with Crippen LogP contribution in [0, 0.1) is 6.92 Å². The molecule has 2 heterocycles. The van der Waals surface area contributed by atoms with Crippen LogP contribution in [-0.2, 0) is 16.0 Å². The van der Waals surface area contributed by atoms with Crippen LogP contribution in [0.5, 0.6) is 0 Å². The minimum Gasteiger partial charge on any atom is -0.335 e. The van der Waals surface area contributed by atoms with Crippen LogP contribution >= 0.6 is 11.3 Å². The molecule has 0 aliphatic carbocycles. The third-order valence-corrected chi connectivity index (χ3v) is 3.26. The largest absolute Gasteiger partial charge is 0.335 e. The van der Waals surface area contributed by atoms with Gasteiger partial charge in [0.1, 0.15) is 0 Å². The van der Waals surface area contributed by atoms with Gasteiger partial charge in [-0.05, 0) is 6.92 Å². The Kier molecular flexibility index (Phi) is 2.81. The molecule has 5 heteroatoms. The monoisotopic (exact) mass is 224 g/mol. The van der Waals surface area contributed by atoms with Gasteiger partial charge >= 0.3 is 0 Å². The van der Waals surface area contributed by atoms with E-state index in [1.54, 1.807) is 16.2 Å². The van der Waals surface area contributed by atoms with Crippen molar-refractivity contribution in [1.82, 2.24) is 9.88 Å². The number of aryl methyl sites for hydroxylation is 1. The van der Waals surface area contributed by atoms with Crippen LogP contribution in [0.2, 0.25) is 0 Å². The highest BCUT2D eigenvalue weighted by atomic mass is 32.1. The molecule has 0 bridgehead atoms. The second kappa shape index (κ2) is 4.10. The number of rotatable bonds is 3. The maximum absolute atomic E-state index is 11.3. The van der Waals surface area contributed by atoms with Gasteiger partial charge in [-0.2, -0.15) is 0 Å². The number of aromatic nitrogens is 1. The van der Waals surface area contributed by atoms with Gasteiger partial charge in [0, 0.05) is 31.3 Å². The van der Waals surface area contributed by atoms with Crippen LogP contribution in [0.25, 0.3) is 0 Å². The van der Waals surface area contributed by atoms with E-state index in [2.05, 4.69) is 4.98 Å². The zero-order valence-corrected chi connectivity index (χ0v) is 9.34. The third-order valence-electron chi connectivity index (χ3n) is 2.44. The fraction of sp³-hybridized carbons (Fsp3) is 0.500. The lowest BCUT2D eigenvalue weighted by Crippen LogP contribution is -2.29. The molecule has 1 aliphatic heterocycles. The number of thiazole rings is 1. The van der Waals surface area contributed by atoms with Crippen LogP contribution in [0.15, 0.2) is 5.38 Å². The highest BCUT2D eigenvalue weighted by Gasteiger charge is 2.28. The standard InChI is InChI=1S/C10H12N2O2S/c1-7-11-8(6-15-7)2-4-12-5-3-9(13)10(12)14/h6H,2-5H2,1H3. The molecule has 80 valence electrons. The molecule has 1 amide bonds. The van der Waals surface area contributed by atoms with Crippen molar-refractivity contribution in [3.05, 3.63) is 16.1 Å². The molecule has 0 N–H and O–H groups in total. The average Bonchev–Trinajstić information content (AvgIpc) is 2.74. The molecule has 0 unspecified atom stereocenters. The van der Waals surface area contributed by atoms with Crippen molar-refractivity contribution in [2.24, 2.45) is 0 Å². The smallest absolute Gasteiger partial charge is 0.290 e. The highest BCUT2D eigenvalue weighted by molar-refractivity contribution is 7.09. The zero-order chi connectivity index (χ0) is 10.8. The summed E-state index contributed by atoms with van der Waals surface area (Å²) in [6, 6.07) is 0. The molecule has 1 fully saturated rings. The minimum atomic E-state index is -0.332.